The molecule has 1 aliphatic rings. The predicted octanol–water partition coefficient (Wildman–Crippen LogP) is 4.27. The number of aromatic nitrogens is 2. The summed E-state index contributed by atoms with van der Waals surface area (Å²) in [6, 6.07) is 13.0. The highest BCUT2D eigenvalue weighted by Crippen LogP contribution is 2.31. The molecule has 2 atom stereocenters. The topological polar surface area (TPSA) is 68.9 Å². The number of fused-ring (bicyclic) bond motifs is 1. The van der Waals surface area contributed by atoms with Gasteiger partial charge in [-0.1, -0.05) is 26.0 Å². The number of morpholine rings is 1. The van der Waals surface area contributed by atoms with Gasteiger partial charge < -0.3 is 14.0 Å². The summed E-state index contributed by atoms with van der Waals surface area (Å²) in [7, 11) is -1.99. The minimum absolute atomic E-state index is 0.106. The van der Waals surface area contributed by atoms with Crippen LogP contribution >= 0.6 is 12.2 Å². The molecular formula is C25H34N4O4S2. The molecule has 0 saturated carbocycles. The third kappa shape index (κ3) is 4.90. The molecule has 2 aromatic carbocycles. The van der Waals surface area contributed by atoms with Crippen molar-refractivity contribution in [1.29, 1.82) is 0 Å². The number of sulfonamides is 1. The van der Waals surface area contributed by atoms with Crippen molar-refractivity contribution >= 4 is 33.3 Å². The van der Waals surface area contributed by atoms with E-state index in [9.17, 15) is 8.42 Å². The van der Waals surface area contributed by atoms with Gasteiger partial charge >= 0.3 is 0 Å². The number of para-hydroxylation sites is 2. The first-order valence-electron chi connectivity index (χ1n) is 12.0. The molecular weight excluding hydrogens is 484 g/mol. The van der Waals surface area contributed by atoms with Crippen LogP contribution in [0.25, 0.3) is 16.7 Å². The fourth-order valence-electron chi connectivity index (χ4n) is 4.89. The normalized spacial score (nSPS) is 19.5. The second-order valence-corrected chi connectivity index (χ2v) is 11.2. The van der Waals surface area contributed by atoms with E-state index in [1.54, 1.807) is 19.2 Å². The van der Waals surface area contributed by atoms with Crippen LogP contribution in [0.5, 0.6) is 5.75 Å². The minimum atomic E-state index is -3.62. The van der Waals surface area contributed by atoms with E-state index in [2.05, 4.69) is 18.7 Å². The van der Waals surface area contributed by atoms with E-state index >= 15 is 0 Å². The van der Waals surface area contributed by atoms with Gasteiger partial charge in [0.1, 0.15) is 5.75 Å². The van der Waals surface area contributed by atoms with Crippen molar-refractivity contribution in [2.75, 3.05) is 33.3 Å². The highest BCUT2D eigenvalue weighted by Gasteiger charge is 2.26. The molecule has 4 rings (SSSR count). The number of rotatable bonds is 8. The molecule has 0 aliphatic carbocycles. The molecule has 3 aromatic rings. The second kappa shape index (κ2) is 10.4. The summed E-state index contributed by atoms with van der Waals surface area (Å²) in [6.45, 7) is 10.7. The van der Waals surface area contributed by atoms with Gasteiger partial charge in [-0.05, 0) is 56.4 Å². The zero-order valence-corrected chi connectivity index (χ0v) is 22.6. The first kappa shape index (κ1) is 25.8. The van der Waals surface area contributed by atoms with Gasteiger partial charge in [0.25, 0.3) is 0 Å². The number of methoxy groups -OCH3 is 1. The number of hydrogen-bond donors (Lipinski definition) is 0. The number of benzene rings is 2. The first-order chi connectivity index (χ1) is 16.7. The maximum Gasteiger partial charge on any atom is 0.243 e. The molecule has 0 N–H and O–H groups in total. The Labute approximate surface area is 212 Å². The Kier molecular flexibility index (Phi) is 7.68. The lowest BCUT2D eigenvalue weighted by Crippen LogP contribution is -2.45. The lowest BCUT2D eigenvalue weighted by molar-refractivity contribution is -0.0763. The fraction of sp³-hybridized carbons (Fsp3) is 0.480. The van der Waals surface area contributed by atoms with Crippen molar-refractivity contribution in [3.05, 3.63) is 47.2 Å². The summed E-state index contributed by atoms with van der Waals surface area (Å²) >= 11 is 6.00. The fourth-order valence-corrected chi connectivity index (χ4v) is 6.72. The predicted molar refractivity (Wildman–Crippen MR) is 140 cm³/mol. The van der Waals surface area contributed by atoms with E-state index in [1.807, 2.05) is 53.3 Å². The van der Waals surface area contributed by atoms with Crippen LogP contribution in [0.15, 0.2) is 47.4 Å². The van der Waals surface area contributed by atoms with Gasteiger partial charge in [0.2, 0.25) is 10.0 Å². The molecule has 0 bridgehead atoms. The van der Waals surface area contributed by atoms with E-state index in [4.69, 9.17) is 21.7 Å². The summed E-state index contributed by atoms with van der Waals surface area (Å²) in [5, 5.41) is 0. The number of imidazole rings is 1. The van der Waals surface area contributed by atoms with E-state index in [-0.39, 0.29) is 17.1 Å². The van der Waals surface area contributed by atoms with Crippen molar-refractivity contribution in [2.24, 2.45) is 0 Å². The highest BCUT2D eigenvalue weighted by molar-refractivity contribution is 7.89. The van der Waals surface area contributed by atoms with Crippen molar-refractivity contribution in [3.8, 4) is 11.4 Å². The quantitative estimate of drug-likeness (QED) is 0.415. The summed E-state index contributed by atoms with van der Waals surface area (Å²) in [5.74, 6) is 0.691. The highest BCUT2D eigenvalue weighted by atomic mass is 32.2. The Balaban J connectivity index is 1.93. The first-order valence-corrected chi connectivity index (χ1v) is 13.8. The van der Waals surface area contributed by atoms with Gasteiger partial charge in [-0.25, -0.2) is 8.42 Å². The zero-order valence-electron chi connectivity index (χ0n) is 21.0. The number of hydrogen-bond acceptors (Lipinski definition) is 6. The third-order valence-corrected chi connectivity index (χ3v) is 8.86. The average molecular weight is 519 g/mol. The summed E-state index contributed by atoms with van der Waals surface area (Å²) in [4.78, 5) is 2.56. The smallest absolute Gasteiger partial charge is 0.243 e. The van der Waals surface area contributed by atoms with Crippen LogP contribution in [-0.4, -0.2) is 72.3 Å². The van der Waals surface area contributed by atoms with Crippen LogP contribution in [0.1, 0.15) is 27.7 Å². The summed E-state index contributed by atoms with van der Waals surface area (Å²) in [5.41, 5.74) is 2.40. The van der Waals surface area contributed by atoms with Crippen LogP contribution in [0.3, 0.4) is 0 Å². The molecule has 10 heteroatoms. The third-order valence-electron chi connectivity index (χ3n) is 6.41. The van der Waals surface area contributed by atoms with Crippen LogP contribution in [0, 0.1) is 4.77 Å². The van der Waals surface area contributed by atoms with Crippen LogP contribution in [-0.2, 0) is 21.4 Å². The number of nitrogens with zero attached hydrogens (tertiary/aromatic N) is 4. The Morgan fingerprint density at radius 3 is 2.34 bits per heavy atom. The molecule has 0 amide bonds. The lowest BCUT2D eigenvalue weighted by Gasteiger charge is -2.35. The Bertz CT molecular complexity index is 1350. The van der Waals surface area contributed by atoms with Crippen LogP contribution in [0.4, 0.5) is 0 Å². The largest absolute Gasteiger partial charge is 0.495 e. The van der Waals surface area contributed by atoms with Crippen molar-refractivity contribution < 1.29 is 17.9 Å². The minimum Gasteiger partial charge on any atom is -0.495 e. The van der Waals surface area contributed by atoms with Gasteiger partial charge in [0.15, 0.2) is 4.77 Å². The van der Waals surface area contributed by atoms with Crippen LogP contribution in [0.2, 0.25) is 0 Å². The van der Waals surface area contributed by atoms with E-state index < -0.39 is 10.0 Å². The molecule has 35 heavy (non-hydrogen) atoms. The van der Waals surface area contributed by atoms with Crippen LogP contribution < -0.4 is 4.74 Å². The van der Waals surface area contributed by atoms with E-state index in [0.717, 1.165) is 29.8 Å². The molecule has 8 nitrogen and oxygen atoms in total. The molecule has 0 radical (unpaired) electrons. The summed E-state index contributed by atoms with van der Waals surface area (Å²) in [6.07, 6.45) is 0.211. The monoisotopic (exact) mass is 518 g/mol. The van der Waals surface area contributed by atoms with Crippen molar-refractivity contribution in [2.45, 2.75) is 51.5 Å². The van der Waals surface area contributed by atoms with Gasteiger partial charge in [0, 0.05) is 26.2 Å². The van der Waals surface area contributed by atoms with Gasteiger partial charge in [-0.2, -0.15) is 4.31 Å². The maximum atomic E-state index is 13.3. The summed E-state index contributed by atoms with van der Waals surface area (Å²) < 4.78 is 44.2. The Morgan fingerprint density at radius 2 is 1.71 bits per heavy atom. The lowest BCUT2D eigenvalue weighted by atomic mass is 10.2. The standard InChI is InChI=1S/C25H34N4O4S2/c1-6-27(7-2)35(30,31)20-12-13-21-23(14-20)28(17-26-15-18(3)33-19(4)16-26)25(34)29(21)22-10-8-9-11-24(22)32-5/h8-14,18-19H,6-7,15-17H2,1-5H3/t18-,19+. The van der Waals surface area contributed by atoms with Gasteiger partial charge in [0.05, 0.1) is 47.6 Å². The Morgan fingerprint density at radius 1 is 1.06 bits per heavy atom. The molecule has 0 unspecified atom stereocenters. The Hall–Kier alpha value is -2.24. The maximum absolute atomic E-state index is 13.3. The van der Waals surface area contributed by atoms with Crippen molar-refractivity contribution in [3.63, 3.8) is 0 Å². The zero-order chi connectivity index (χ0) is 25.3. The molecule has 190 valence electrons. The second-order valence-electron chi connectivity index (χ2n) is 8.89. The van der Waals surface area contributed by atoms with Crippen molar-refractivity contribution in [1.82, 2.24) is 18.3 Å². The molecule has 1 fully saturated rings. The van der Waals surface area contributed by atoms with E-state index in [0.29, 0.717) is 30.3 Å². The number of ether oxygens (including phenoxy) is 2. The van der Waals surface area contributed by atoms with Gasteiger partial charge in [-0.15, -0.1) is 0 Å². The molecule has 1 aliphatic heterocycles. The SMILES string of the molecule is CCN(CC)S(=O)(=O)c1ccc2c(c1)n(CN1C[C@@H](C)O[C@@H](C)C1)c(=S)n2-c1ccccc1OC. The van der Waals surface area contributed by atoms with Gasteiger partial charge in [-0.3, -0.25) is 9.47 Å². The molecule has 0 spiro atoms. The van der Waals surface area contributed by atoms with E-state index in [1.165, 1.54) is 4.31 Å². The molecule has 2 heterocycles. The average Bonchev–Trinajstić information content (AvgIpc) is 3.09. The molecule has 1 saturated heterocycles. The molecule has 1 aromatic heterocycles.